The Morgan fingerprint density at radius 1 is 1.09 bits per heavy atom. The molecule has 3 aromatic rings. The van der Waals surface area contributed by atoms with Crippen LogP contribution >= 0.6 is 0 Å². The second kappa shape index (κ2) is 8.04. The zero-order chi connectivity index (χ0) is 22.2. The number of fused-ring (bicyclic) bond motifs is 3. The number of hydrogen-bond donors (Lipinski definition) is 1. The van der Waals surface area contributed by atoms with Gasteiger partial charge in [0.25, 0.3) is 5.91 Å². The number of carbonyl (C=O) groups excluding carboxylic acids is 1. The predicted octanol–water partition coefficient (Wildman–Crippen LogP) is 4.57. The van der Waals surface area contributed by atoms with Gasteiger partial charge in [0.05, 0.1) is 24.4 Å². The Bertz CT molecular complexity index is 1210. The molecule has 6 nitrogen and oxygen atoms in total. The molecule has 32 heavy (non-hydrogen) atoms. The van der Waals surface area contributed by atoms with Crippen LogP contribution in [0.2, 0.25) is 0 Å². The Hall–Kier alpha value is -3.80. The normalized spacial score (nSPS) is 16.6. The summed E-state index contributed by atoms with van der Waals surface area (Å²) in [6.07, 6.45) is 2.60. The van der Waals surface area contributed by atoms with Crippen LogP contribution in [0.15, 0.2) is 59.6 Å². The van der Waals surface area contributed by atoms with Crippen molar-refractivity contribution in [2.45, 2.75) is 32.5 Å². The van der Waals surface area contributed by atoms with Crippen molar-refractivity contribution in [3.8, 4) is 17.2 Å². The lowest BCUT2D eigenvalue weighted by molar-refractivity contribution is 0.0703. The van der Waals surface area contributed by atoms with E-state index in [0.29, 0.717) is 29.3 Å². The number of phenols is 1. The van der Waals surface area contributed by atoms with Crippen LogP contribution in [0, 0.1) is 6.92 Å². The highest BCUT2D eigenvalue weighted by atomic mass is 16.5. The summed E-state index contributed by atoms with van der Waals surface area (Å²) in [5.41, 5.74) is 5.28. The van der Waals surface area contributed by atoms with E-state index >= 15 is 0 Å². The van der Waals surface area contributed by atoms with Crippen molar-refractivity contribution < 1.29 is 19.4 Å². The molecule has 5 rings (SSSR count). The molecule has 0 aliphatic carbocycles. The van der Waals surface area contributed by atoms with Crippen LogP contribution < -0.4 is 9.47 Å². The number of nitrogens with zero attached hydrogens (tertiary/aromatic N) is 2. The Labute approximate surface area is 186 Å². The molecule has 2 aliphatic heterocycles. The number of hydrogen-bond acceptors (Lipinski definition) is 5. The minimum absolute atomic E-state index is 0.0644. The molecule has 1 amide bonds. The molecule has 0 unspecified atom stereocenters. The van der Waals surface area contributed by atoms with Crippen LogP contribution in [-0.4, -0.2) is 35.3 Å². The van der Waals surface area contributed by atoms with Crippen LogP contribution in [0.1, 0.15) is 32.6 Å². The zero-order valence-electron chi connectivity index (χ0n) is 18.0. The van der Waals surface area contributed by atoms with E-state index < -0.39 is 0 Å². The maximum atomic E-state index is 13.4. The summed E-state index contributed by atoms with van der Waals surface area (Å²) >= 11 is 0. The van der Waals surface area contributed by atoms with Gasteiger partial charge in [-0.05, 0) is 53.8 Å². The van der Waals surface area contributed by atoms with Gasteiger partial charge in [-0.3, -0.25) is 9.79 Å². The molecule has 0 bridgehead atoms. The first-order valence-electron chi connectivity index (χ1n) is 10.6. The molecule has 0 saturated carbocycles. The molecular formula is C26H24N2O4. The van der Waals surface area contributed by atoms with Crippen molar-refractivity contribution in [3.63, 3.8) is 0 Å². The van der Waals surface area contributed by atoms with Crippen molar-refractivity contribution in [3.05, 3.63) is 82.4 Å². The monoisotopic (exact) mass is 428 g/mol. The fourth-order valence-corrected chi connectivity index (χ4v) is 4.41. The van der Waals surface area contributed by atoms with Crippen molar-refractivity contribution in [1.82, 2.24) is 4.90 Å². The number of amides is 1. The maximum Gasteiger partial charge on any atom is 0.257 e. The third-order valence-electron chi connectivity index (χ3n) is 5.96. The molecular weight excluding hydrogens is 404 g/mol. The van der Waals surface area contributed by atoms with E-state index in [1.807, 2.05) is 36.2 Å². The number of benzene rings is 3. The first kappa shape index (κ1) is 20.1. The molecule has 1 atom stereocenters. The standard InChI is InChI=1S/C26H24N2O4/c1-16-7-17(9-21(29)8-16)15-32-25-12-23-22(11-24(25)31-2)26(30)28-14-19-6-4-3-5-18(19)10-20(28)13-27-23/h3-9,11-13,20,29H,10,14-15H2,1-2H3/t20-/m0/s1. The van der Waals surface area contributed by atoms with Crippen LogP contribution in [-0.2, 0) is 19.6 Å². The minimum atomic E-state index is -0.0876. The number of aryl methyl sites for hydroxylation is 1. The molecule has 0 spiro atoms. The number of rotatable bonds is 4. The van der Waals surface area contributed by atoms with Crippen molar-refractivity contribution in [1.29, 1.82) is 0 Å². The SMILES string of the molecule is COc1cc2c(cc1OCc1cc(C)cc(O)c1)N=C[C@@H]1Cc3ccccc3CN1C2=O. The van der Waals surface area contributed by atoms with E-state index in [1.54, 1.807) is 31.4 Å². The van der Waals surface area contributed by atoms with Gasteiger partial charge < -0.3 is 19.5 Å². The largest absolute Gasteiger partial charge is 0.508 e. The summed E-state index contributed by atoms with van der Waals surface area (Å²) in [7, 11) is 1.55. The molecule has 6 heteroatoms. The van der Waals surface area contributed by atoms with E-state index in [0.717, 1.165) is 17.5 Å². The van der Waals surface area contributed by atoms with Crippen molar-refractivity contribution in [2.24, 2.45) is 4.99 Å². The average Bonchev–Trinajstić information content (AvgIpc) is 2.91. The van der Waals surface area contributed by atoms with Crippen LogP contribution in [0.25, 0.3) is 0 Å². The lowest BCUT2D eigenvalue weighted by Crippen LogP contribution is -2.44. The van der Waals surface area contributed by atoms with Gasteiger partial charge >= 0.3 is 0 Å². The third-order valence-corrected chi connectivity index (χ3v) is 5.96. The van der Waals surface area contributed by atoms with Crippen molar-refractivity contribution in [2.75, 3.05) is 7.11 Å². The highest BCUT2D eigenvalue weighted by Gasteiger charge is 2.33. The van der Waals surface area contributed by atoms with Gasteiger partial charge in [-0.1, -0.05) is 30.3 Å². The fraction of sp³-hybridized carbons (Fsp3) is 0.231. The lowest BCUT2D eigenvalue weighted by Gasteiger charge is -2.34. The zero-order valence-corrected chi connectivity index (χ0v) is 18.0. The molecule has 1 N–H and O–H groups in total. The maximum absolute atomic E-state index is 13.4. The molecule has 0 aromatic heterocycles. The molecule has 2 aliphatic rings. The second-order valence-corrected chi connectivity index (χ2v) is 8.24. The van der Waals surface area contributed by atoms with Crippen LogP contribution in [0.3, 0.4) is 0 Å². The number of aliphatic imine (C=N–C) groups is 1. The lowest BCUT2D eigenvalue weighted by atomic mass is 9.94. The van der Waals surface area contributed by atoms with Gasteiger partial charge in [0.1, 0.15) is 12.4 Å². The van der Waals surface area contributed by atoms with Gasteiger partial charge in [0, 0.05) is 18.8 Å². The number of methoxy groups -OCH3 is 1. The first-order chi connectivity index (χ1) is 15.5. The first-order valence-corrected chi connectivity index (χ1v) is 10.6. The molecule has 0 saturated heterocycles. The highest BCUT2D eigenvalue weighted by Crippen LogP contribution is 2.38. The second-order valence-electron chi connectivity index (χ2n) is 8.24. The average molecular weight is 428 g/mol. The predicted molar refractivity (Wildman–Crippen MR) is 122 cm³/mol. The Kier molecular flexibility index (Phi) is 5.05. The molecule has 2 heterocycles. The summed E-state index contributed by atoms with van der Waals surface area (Å²) in [6.45, 7) is 2.73. The summed E-state index contributed by atoms with van der Waals surface area (Å²) in [4.78, 5) is 20.0. The molecule has 0 fully saturated rings. The molecule has 0 radical (unpaired) electrons. The number of aromatic hydroxyl groups is 1. The Morgan fingerprint density at radius 2 is 1.91 bits per heavy atom. The van der Waals surface area contributed by atoms with E-state index in [2.05, 4.69) is 17.1 Å². The topological polar surface area (TPSA) is 71.4 Å². The summed E-state index contributed by atoms with van der Waals surface area (Å²) in [5, 5.41) is 9.84. The minimum Gasteiger partial charge on any atom is -0.508 e. The number of carbonyl (C=O) groups is 1. The van der Waals surface area contributed by atoms with Crippen molar-refractivity contribution >= 4 is 17.8 Å². The molecule has 3 aromatic carbocycles. The van der Waals surface area contributed by atoms with Gasteiger partial charge in [0.2, 0.25) is 0 Å². The van der Waals surface area contributed by atoms with E-state index in [9.17, 15) is 9.90 Å². The third kappa shape index (κ3) is 3.68. The quantitative estimate of drug-likeness (QED) is 0.661. The van der Waals surface area contributed by atoms with Crippen LogP contribution in [0.5, 0.6) is 17.2 Å². The van der Waals surface area contributed by atoms with E-state index in [-0.39, 0.29) is 24.3 Å². The summed E-state index contributed by atoms with van der Waals surface area (Å²) < 4.78 is 11.5. The van der Waals surface area contributed by atoms with E-state index in [4.69, 9.17) is 9.47 Å². The van der Waals surface area contributed by atoms with Crippen LogP contribution in [0.4, 0.5) is 5.69 Å². The van der Waals surface area contributed by atoms with Gasteiger partial charge in [-0.25, -0.2) is 0 Å². The summed E-state index contributed by atoms with van der Waals surface area (Å²) in [5.74, 6) is 1.11. The van der Waals surface area contributed by atoms with E-state index in [1.165, 1.54) is 11.1 Å². The fourth-order valence-electron chi connectivity index (χ4n) is 4.41. The Balaban J connectivity index is 1.46. The Morgan fingerprint density at radius 3 is 2.69 bits per heavy atom. The number of ether oxygens (including phenoxy) is 2. The smallest absolute Gasteiger partial charge is 0.257 e. The summed E-state index contributed by atoms with van der Waals surface area (Å²) in [6, 6.07) is 16.9. The molecule has 162 valence electrons. The highest BCUT2D eigenvalue weighted by molar-refractivity contribution is 6.03. The van der Waals surface area contributed by atoms with Gasteiger partial charge in [0.15, 0.2) is 11.5 Å². The van der Waals surface area contributed by atoms with Gasteiger partial charge in [-0.2, -0.15) is 0 Å². The number of phenolic OH excluding ortho intramolecular Hbond substituents is 1. The van der Waals surface area contributed by atoms with Gasteiger partial charge in [-0.15, -0.1) is 0 Å².